The molecule has 2 aromatic rings. The molecule has 29 heavy (non-hydrogen) atoms. The van der Waals surface area contributed by atoms with E-state index in [2.05, 4.69) is 6.07 Å². The summed E-state index contributed by atoms with van der Waals surface area (Å²) in [6.07, 6.45) is 0.683. The Bertz CT molecular complexity index is 899. The summed E-state index contributed by atoms with van der Waals surface area (Å²) < 4.78 is 15.9. The number of methoxy groups -OCH3 is 2. The van der Waals surface area contributed by atoms with E-state index in [1.807, 2.05) is 28.5 Å². The number of nitrogens with zero attached hydrogens (tertiary/aromatic N) is 2. The normalized spacial score (nSPS) is 18.4. The van der Waals surface area contributed by atoms with Gasteiger partial charge in [-0.25, -0.2) is 4.79 Å². The van der Waals surface area contributed by atoms with E-state index in [4.69, 9.17) is 14.2 Å². The van der Waals surface area contributed by atoms with E-state index < -0.39 is 0 Å². The molecule has 0 aliphatic carbocycles. The molecule has 0 radical (unpaired) electrons. The summed E-state index contributed by atoms with van der Waals surface area (Å²) in [5, 5.41) is 2.02. The summed E-state index contributed by atoms with van der Waals surface area (Å²) in [6, 6.07) is 7.88. The van der Waals surface area contributed by atoms with Gasteiger partial charge in [-0.15, -0.1) is 11.3 Å². The molecule has 0 bridgehead atoms. The first-order chi connectivity index (χ1) is 14.1. The van der Waals surface area contributed by atoms with Crippen LogP contribution in [0.5, 0.6) is 11.5 Å². The third-order valence-corrected chi connectivity index (χ3v) is 6.37. The van der Waals surface area contributed by atoms with Crippen LogP contribution in [0.15, 0.2) is 29.6 Å². The molecule has 1 saturated heterocycles. The zero-order valence-corrected chi connectivity index (χ0v) is 17.4. The second-order valence-electron chi connectivity index (χ2n) is 7.01. The molecule has 1 aromatic carbocycles. The first-order valence-electron chi connectivity index (χ1n) is 9.61. The van der Waals surface area contributed by atoms with Gasteiger partial charge in [0, 0.05) is 24.4 Å². The van der Waals surface area contributed by atoms with Crippen molar-refractivity contribution >= 4 is 23.3 Å². The molecule has 154 valence electrons. The molecule has 2 aliphatic rings. The van der Waals surface area contributed by atoms with Gasteiger partial charge in [-0.05, 0) is 41.1 Å². The van der Waals surface area contributed by atoms with Crippen molar-refractivity contribution in [1.82, 2.24) is 9.80 Å². The summed E-state index contributed by atoms with van der Waals surface area (Å²) in [7, 11) is 3.24. The van der Waals surface area contributed by atoms with Gasteiger partial charge >= 0.3 is 6.09 Å². The molecule has 1 fully saturated rings. The van der Waals surface area contributed by atoms with E-state index in [0.717, 1.165) is 22.4 Å². The number of benzene rings is 1. The van der Waals surface area contributed by atoms with Gasteiger partial charge in [0.1, 0.15) is 6.61 Å². The van der Waals surface area contributed by atoms with Crippen molar-refractivity contribution in [2.24, 2.45) is 0 Å². The second kappa shape index (κ2) is 8.32. The van der Waals surface area contributed by atoms with E-state index in [1.54, 1.807) is 30.5 Å². The number of carbonyl (C=O) groups is 2. The molecule has 0 N–H and O–H groups in total. The number of rotatable bonds is 6. The fourth-order valence-corrected chi connectivity index (χ4v) is 4.83. The zero-order chi connectivity index (χ0) is 20.4. The lowest BCUT2D eigenvalue weighted by Crippen LogP contribution is -2.41. The lowest BCUT2D eigenvalue weighted by atomic mass is 9.90. The van der Waals surface area contributed by atoms with Crippen LogP contribution in [0.1, 0.15) is 28.5 Å². The zero-order valence-electron chi connectivity index (χ0n) is 16.6. The van der Waals surface area contributed by atoms with Crippen molar-refractivity contribution in [3.8, 4) is 11.5 Å². The Balaban J connectivity index is 1.63. The number of amides is 2. The Hall–Kier alpha value is -2.74. The monoisotopic (exact) mass is 416 g/mol. The first kappa shape index (κ1) is 19.6. The van der Waals surface area contributed by atoms with E-state index in [-0.39, 0.29) is 24.5 Å². The molecule has 7 nitrogen and oxygen atoms in total. The molecule has 1 unspecified atom stereocenters. The summed E-state index contributed by atoms with van der Waals surface area (Å²) in [4.78, 5) is 29.4. The number of cyclic esters (lactones) is 1. The quantitative estimate of drug-likeness (QED) is 0.724. The van der Waals surface area contributed by atoms with Gasteiger partial charge in [0.15, 0.2) is 11.5 Å². The predicted octanol–water partition coefficient (Wildman–Crippen LogP) is 3.08. The standard InChI is InChI=1S/C21H24N2O5S/c1-26-16-12-14-5-8-23(19(24)6-7-22-9-10-28-21(22)25)20(18-4-3-11-29-18)15(14)13-17(16)27-2/h3-4,11-13,20H,5-10H2,1-2H3. The average Bonchev–Trinajstić information content (AvgIpc) is 3.41. The number of thiophene rings is 1. The highest BCUT2D eigenvalue weighted by molar-refractivity contribution is 7.10. The molecule has 3 heterocycles. The minimum Gasteiger partial charge on any atom is -0.493 e. The van der Waals surface area contributed by atoms with Gasteiger partial charge < -0.3 is 24.0 Å². The summed E-state index contributed by atoms with van der Waals surface area (Å²) in [5.41, 5.74) is 2.22. The first-order valence-corrected chi connectivity index (χ1v) is 10.5. The smallest absolute Gasteiger partial charge is 0.409 e. The van der Waals surface area contributed by atoms with Crippen LogP contribution in [0.4, 0.5) is 4.79 Å². The van der Waals surface area contributed by atoms with Crippen LogP contribution < -0.4 is 9.47 Å². The molecule has 8 heteroatoms. The number of hydrogen-bond acceptors (Lipinski definition) is 6. The van der Waals surface area contributed by atoms with Crippen molar-refractivity contribution in [2.45, 2.75) is 18.9 Å². The Morgan fingerprint density at radius 1 is 1.24 bits per heavy atom. The molecule has 0 spiro atoms. The molecular formula is C21H24N2O5S. The van der Waals surface area contributed by atoms with E-state index in [9.17, 15) is 9.59 Å². The molecule has 2 aliphatic heterocycles. The van der Waals surface area contributed by atoms with Crippen LogP contribution >= 0.6 is 11.3 Å². The van der Waals surface area contributed by atoms with E-state index in [1.165, 1.54) is 0 Å². The Morgan fingerprint density at radius 3 is 2.69 bits per heavy atom. The Labute approximate surface area is 173 Å². The van der Waals surface area contributed by atoms with Crippen molar-refractivity contribution in [2.75, 3.05) is 40.5 Å². The highest BCUT2D eigenvalue weighted by atomic mass is 32.1. The van der Waals surface area contributed by atoms with Gasteiger partial charge in [0.25, 0.3) is 0 Å². The highest BCUT2D eigenvalue weighted by Crippen LogP contribution is 2.42. The van der Waals surface area contributed by atoms with Gasteiger partial charge in [0.2, 0.25) is 5.91 Å². The third kappa shape index (κ3) is 3.76. The fraction of sp³-hybridized carbons (Fsp3) is 0.429. The second-order valence-corrected chi connectivity index (χ2v) is 7.99. The lowest BCUT2D eigenvalue weighted by Gasteiger charge is -2.37. The fourth-order valence-electron chi connectivity index (χ4n) is 3.97. The van der Waals surface area contributed by atoms with Crippen LogP contribution in [0.2, 0.25) is 0 Å². The number of fused-ring (bicyclic) bond motifs is 1. The van der Waals surface area contributed by atoms with Crippen LogP contribution in [0, 0.1) is 0 Å². The Morgan fingerprint density at radius 2 is 2.03 bits per heavy atom. The molecule has 0 saturated carbocycles. The lowest BCUT2D eigenvalue weighted by molar-refractivity contribution is -0.133. The van der Waals surface area contributed by atoms with Gasteiger partial charge in [-0.2, -0.15) is 0 Å². The summed E-state index contributed by atoms with van der Waals surface area (Å²) in [5.74, 6) is 1.38. The van der Waals surface area contributed by atoms with Crippen LogP contribution in [0.25, 0.3) is 0 Å². The minimum atomic E-state index is -0.339. The summed E-state index contributed by atoms with van der Waals surface area (Å²) in [6.45, 7) is 1.93. The van der Waals surface area contributed by atoms with Crippen molar-refractivity contribution in [3.05, 3.63) is 45.6 Å². The average molecular weight is 416 g/mol. The van der Waals surface area contributed by atoms with E-state index >= 15 is 0 Å². The predicted molar refractivity (Wildman–Crippen MR) is 109 cm³/mol. The van der Waals surface area contributed by atoms with Crippen LogP contribution in [-0.4, -0.2) is 62.3 Å². The number of hydrogen-bond donors (Lipinski definition) is 0. The van der Waals surface area contributed by atoms with Crippen molar-refractivity contribution < 1.29 is 23.8 Å². The largest absolute Gasteiger partial charge is 0.493 e. The maximum Gasteiger partial charge on any atom is 0.409 e. The summed E-state index contributed by atoms with van der Waals surface area (Å²) >= 11 is 1.63. The van der Waals surface area contributed by atoms with Gasteiger partial charge in [0.05, 0.1) is 26.8 Å². The molecule has 1 atom stereocenters. The van der Waals surface area contributed by atoms with E-state index in [0.29, 0.717) is 37.7 Å². The van der Waals surface area contributed by atoms with Crippen molar-refractivity contribution in [3.63, 3.8) is 0 Å². The number of carbonyl (C=O) groups excluding carboxylic acids is 2. The molecule has 4 rings (SSSR count). The Kier molecular flexibility index (Phi) is 5.62. The maximum absolute atomic E-state index is 13.2. The maximum atomic E-state index is 13.2. The topological polar surface area (TPSA) is 68.3 Å². The third-order valence-electron chi connectivity index (χ3n) is 5.45. The van der Waals surface area contributed by atoms with Gasteiger partial charge in [-0.3, -0.25) is 4.79 Å². The molecule has 2 amide bonds. The molecule has 1 aromatic heterocycles. The molecular weight excluding hydrogens is 392 g/mol. The van der Waals surface area contributed by atoms with Crippen LogP contribution in [-0.2, 0) is 16.0 Å². The van der Waals surface area contributed by atoms with Gasteiger partial charge in [-0.1, -0.05) is 6.07 Å². The highest BCUT2D eigenvalue weighted by Gasteiger charge is 2.34. The SMILES string of the molecule is COc1cc2c(cc1OC)C(c1cccs1)N(C(=O)CCN1CCOC1=O)CC2. The van der Waals surface area contributed by atoms with Crippen LogP contribution in [0.3, 0.4) is 0 Å². The number of ether oxygens (including phenoxy) is 3. The minimum absolute atomic E-state index is 0.0311. The van der Waals surface area contributed by atoms with Crippen molar-refractivity contribution in [1.29, 1.82) is 0 Å².